The van der Waals surface area contributed by atoms with Crippen LogP contribution in [0.5, 0.6) is 0 Å². The van der Waals surface area contributed by atoms with Gasteiger partial charge in [-0.25, -0.2) is 4.98 Å². The maximum atomic E-state index is 12.4. The zero-order valence-corrected chi connectivity index (χ0v) is 12.9. The summed E-state index contributed by atoms with van der Waals surface area (Å²) < 4.78 is 0.721. The summed E-state index contributed by atoms with van der Waals surface area (Å²) in [6.07, 6.45) is 1.57. The Morgan fingerprint density at radius 1 is 1.26 bits per heavy atom. The molecule has 0 fully saturated rings. The first-order valence-electron chi connectivity index (χ1n) is 5.62. The first-order valence-corrected chi connectivity index (χ1v) is 6.79. The third-order valence-electron chi connectivity index (χ3n) is 2.64. The van der Waals surface area contributed by atoms with Crippen molar-refractivity contribution in [2.45, 2.75) is 0 Å². The number of carbonyl (C=O) groups excluding carboxylic acids is 1. The van der Waals surface area contributed by atoms with Crippen molar-refractivity contribution in [3.05, 3.63) is 57.2 Å². The van der Waals surface area contributed by atoms with Gasteiger partial charge in [-0.05, 0) is 30.3 Å². The van der Waals surface area contributed by atoms with Gasteiger partial charge in [0.25, 0.3) is 0 Å². The van der Waals surface area contributed by atoms with Gasteiger partial charge in [-0.15, -0.1) is 0 Å². The van der Waals surface area contributed by atoms with E-state index in [1.54, 1.807) is 30.5 Å². The van der Waals surface area contributed by atoms with Crippen LogP contribution in [-0.4, -0.2) is 24.9 Å². The molecule has 98 valence electrons. The van der Waals surface area contributed by atoms with Gasteiger partial charge >= 0.3 is 0 Å². The molecule has 0 aliphatic heterocycles. The number of nitrogens with zero attached hydrogens (tertiary/aromatic N) is 2. The standard InChI is InChI=1S/C14H12BrClN2O/c1-18(2)13-6-3-9(8-17-13)14(19)11-7-10(16)4-5-12(11)15/h3-8H,1-2H3. The van der Waals surface area contributed by atoms with E-state index >= 15 is 0 Å². The molecule has 2 rings (SSSR count). The maximum Gasteiger partial charge on any atom is 0.195 e. The summed E-state index contributed by atoms with van der Waals surface area (Å²) in [6.45, 7) is 0. The van der Waals surface area contributed by atoms with E-state index in [9.17, 15) is 4.79 Å². The zero-order valence-electron chi connectivity index (χ0n) is 10.5. The summed E-state index contributed by atoms with van der Waals surface area (Å²) in [7, 11) is 3.80. The molecule has 0 unspecified atom stereocenters. The minimum Gasteiger partial charge on any atom is -0.363 e. The van der Waals surface area contributed by atoms with Crippen LogP contribution in [0.25, 0.3) is 0 Å². The quantitative estimate of drug-likeness (QED) is 0.798. The number of ketones is 1. The summed E-state index contributed by atoms with van der Waals surface area (Å²) in [5, 5.41) is 0.532. The number of carbonyl (C=O) groups is 1. The van der Waals surface area contributed by atoms with Crippen LogP contribution in [-0.2, 0) is 0 Å². The molecule has 0 radical (unpaired) electrons. The van der Waals surface area contributed by atoms with Crippen molar-refractivity contribution >= 4 is 39.1 Å². The first kappa shape index (κ1) is 14.0. The highest BCUT2D eigenvalue weighted by atomic mass is 79.9. The second kappa shape index (κ2) is 5.72. The molecular weight excluding hydrogens is 328 g/mol. The van der Waals surface area contributed by atoms with E-state index in [4.69, 9.17) is 11.6 Å². The summed E-state index contributed by atoms with van der Waals surface area (Å²) in [5.74, 6) is 0.703. The van der Waals surface area contributed by atoms with Crippen LogP contribution in [0.4, 0.5) is 5.82 Å². The lowest BCUT2D eigenvalue weighted by atomic mass is 10.1. The van der Waals surface area contributed by atoms with Gasteiger partial charge in [0, 0.05) is 40.9 Å². The number of rotatable bonds is 3. The molecule has 19 heavy (non-hydrogen) atoms. The maximum absolute atomic E-state index is 12.4. The highest BCUT2D eigenvalue weighted by molar-refractivity contribution is 9.10. The van der Waals surface area contributed by atoms with Crippen LogP contribution in [0, 0.1) is 0 Å². The van der Waals surface area contributed by atoms with E-state index in [0.717, 1.165) is 10.3 Å². The van der Waals surface area contributed by atoms with E-state index in [1.165, 1.54) is 0 Å². The predicted molar refractivity (Wildman–Crippen MR) is 81.1 cm³/mol. The van der Waals surface area contributed by atoms with E-state index in [0.29, 0.717) is 16.1 Å². The molecule has 0 atom stereocenters. The number of pyridine rings is 1. The van der Waals surface area contributed by atoms with Crippen LogP contribution in [0.3, 0.4) is 0 Å². The smallest absolute Gasteiger partial charge is 0.195 e. The molecule has 0 spiro atoms. The summed E-state index contributed by atoms with van der Waals surface area (Å²) >= 11 is 9.28. The summed E-state index contributed by atoms with van der Waals surface area (Å²) in [5.41, 5.74) is 1.07. The van der Waals surface area contributed by atoms with Gasteiger partial charge in [-0.1, -0.05) is 27.5 Å². The molecule has 0 saturated carbocycles. The lowest BCUT2D eigenvalue weighted by Crippen LogP contribution is -2.11. The SMILES string of the molecule is CN(C)c1ccc(C(=O)c2cc(Cl)ccc2Br)cn1. The van der Waals surface area contributed by atoms with Gasteiger partial charge in [-0.2, -0.15) is 0 Å². The van der Waals surface area contributed by atoms with Gasteiger partial charge in [0.05, 0.1) is 0 Å². The van der Waals surface area contributed by atoms with E-state index < -0.39 is 0 Å². The molecule has 1 heterocycles. The number of benzene rings is 1. The zero-order chi connectivity index (χ0) is 14.0. The molecule has 1 aromatic carbocycles. The van der Waals surface area contributed by atoms with Crippen molar-refractivity contribution in [2.24, 2.45) is 0 Å². The fourth-order valence-electron chi connectivity index (χ4n) is 1.61. The molecule has 0 N–H and O–H groups in total. The minimum absolute atomic E-state index is 0.104. The van der Waals surface area contributed by atoms with Gasteiger partial charge in [0.15, 0.2) is 5.78 Å². The van der Waals surface area contributed by atoms with Gasteiger partial charge in [-0.3, -0.25) is 4.79 Å². The Labute approximate surface area is 125 Å². The Morgan fingerprint density at radius 3 is 2.58 bits per heavy atom. The van der Waals surface area contributed by atoms with Gasteiger partial charge < -0.3 is 4.90 Å². The molecule has 3 nitrogen and oxygen atoms in total. The molecular formula is C14H12BrClN2O. The van der Waals surface area contributed by atoms with Gasteiger partial charge in [0.2, 0.25) is 0 Å². The highest BCUT2D eigenvalue weighted by Gasteiger charge is 2.13. The van der Waals surface area contributed by atoms with Crippen molar-refractivity contribution < 1.29 is 4.79 Å². The molecule has 2 aromatic rings. The topological polar surface area (TPSA) is 33.2 Å². The van der Waals surface area contributed by atoms with Crippen LogP contribution in [0.2, 0.25) is 5.02 Å². The number of halogens is 2. The Bertz CT molecular complexity index is 611. The molecule has 0 aliphatic rings. The summed E-state index contributed by atoms with van der Waals surface area (Å²) in [4.78, 5) is 18.5. The average molecular weight is 340 g/mol. The van der Waals surface area contributed by atoms with Crippen molar-refractivity contribution in [3.8, 4) is 0 Å². The Hall–Kier alpha value is -1.39. The van der Waals surface area contributed by atoms with Crippen LogP contribution >= 0.6 is 27.5 Å². The van der Waals surface area contributed by atoms with Crippen LogP contribution in [0.15, 0.2) is 41.0 Å². The third kappa shape index (κ3) is 3.14. The van der Waals surface area contributed by atoms with E-state index in [2.05, 4.69) is 20.9 Å². The number of hydrogen-bond donors (Lipinski definition) is 0. The normalized spacial score (nSPS) is 10.3. The molecule has 5 heteroatoms. The largest absolute Gasteiger partial charge is 0.363 e. The fraction of sp³-hybridized carbons (Fsp3) is 0.143. The molecule has 0 bridgehead atoms. The second-order valence-corrected chi connectivity index (χ2v) is 5.54. The summed E-state index contributed by atoms with van der Waals surface area (Å²) in [6, 6.07) is 8.71. The van der Waals surface area contributed by atoms with E-state index in [1.807, 2.05) is 25.1 Å². The van der Waals surface area contributed by atoms with Crippen LogP contribution in [0.1, 0.15) is 15.9 Å². The first-order chi connectivity index (χ1) is 8.99. The van der Waals surface area contributed by atoms with Crippen molar-refractivity contribution in [1.29, 1.82) is 0 Å². The fourth-order valence-corrected chi connectivity index (χ4v) is 2.21. The number of aromatic nitrogens is 1. The van der Waals surface area contributed by atoms with Crippen LogP contribution < -0.4 is 4.90 Å². The minimum atomic E-state index is -0.104. The van der Waals surface area contributed by atoms with Crippen molar-refractivity contribution in [3.63, 3.8) is 0 Å². The lowest BCUT2D eigenvalue weighted by Gasteiger charge is -2.11. The lowest BCUT2D eigenvalue weighted by molar-refractivity contribution is 0.103. The monoisotopic (exact) mass is 338 g/mol. The van der Waals surface area contributed by atoms with Gasteiger partial charge in [0.1, 0.15) is 5.82 Å². The van der Waals surface area contributed by atoms with Crippen molar-refractivity contribution in [1.82, 2.24) is 4.98 Å². The number of hydrogen-bond acceptors (Lipinski definition) is 3. The second-order valence-electron chi connectivity index (χ2n) is 4.25. The molecule has 1 aromatic heterocycles. The third-order valence-corrected chi connectivity index (χ3v) is 3.57. The Morgan fingerprint density at radius 2 is 2.00 bits per heavy atom. The highest BCUT2D eigenvalue weighted by Crippen LogP contribution is 2.24. The Balaban J connectivity index is 2.36. The molecule has 0 saturated heterocycles. The van der Waals surface area contributed by atoms with E-state index in [-0.39, 0.29) is 5.78 Å². The van der Waals surface area contributed by atoms with Crippen molar-refractivity contribution in [2.75, 3.05) is 19.0 Å². The predicted octanol–water partition coefficient (Wildman–Crippen LogP) is 3.79. The number of anilines is 1. The molecule has 0 aliphatic carbocycles. The molecule has 0 amide bonds. The Kier molecular flexibility index (Phi) is 4.22. The average Bonchev–Trinajstić information content (AvgIpc) is 2.41.